The lowest BCUT2D eigenvalue weighted by Gasteiger charge is -2.29. The van der Waals surface area contributed by atoms with Crippen LogP contribution in [0.3, 0.4) is 0 Å². The first-order valence-corrected chi connectivity index (χ1v) is 11.0. The van der Waals surface area contributed by atoms with Gasteiger partial charge in [0.25, 0.3) is 0 Å². The molecule has 2 fully saturated rings. The lowest BCUT2D eigenvalue weighted by Crippen LogP contribution is -2.20. The van der Waals surface area contributed by atoms with Crippen molar-refractivity contribution in [3.05, 3.63) is 65.1 Å². The van der Waals surface area contributed by atoms with Crippen LogP contribution in [0.15, 0.2) is 48.8 Å². The number of carbonyl (C=O) groups is 1. The second-order valence-electron chi connectivity index (χ2n) is 8.80. The fourth-order valence-electron chi connectivity index (χ4n) is 5.26. The molecule has 0 radical (unpaired) electrons. The van der Waals surface area contributed by atoms with Crippen molar-refractivity contribution in [2.24, 2.45) is 11.3 Å². The number of aromatic nitrogens is 2. The average Bonchev–Trinajstić information content (AvgIpc) is 3.48. The lowest BCUT2D eigenvalue weighted by molar-refractivity contribution is -0.120. The average molecular weight is 421 g/mol. The van der Waals surface area contributed by atoms with Crippen molar-refractivity contribution >= 4 is 28.3 Å². The molecule has 1 atom stereocenters. The van der Waals surface area contributed by atoms with E-state index in [4.69, 9.17) is 16.3 Å². The molecule has 2 saturated carbocycles. The minimum absolute atomic E-state index is 0.219. The molecule has 1 aromatic heterocycles. The van der Waals surface area contributed by atoms with Gasteiger partial charge in [-0.1, -0.05) is 23.7 Å². The molecular weight excluding hydrogens is 396 g/mol. The fourth-order valence-corrected chi connectivity index (χ4v) is 5.38. The molecule has 0 unspecified atom stereocenters. The van der Waals surface area contributed by atoms with Gasteiger partial charge in [-0.05, 0) is 73.4 Å². The van der Waals surface area contributed by atoms with Gasteiger partial charge < -0.3 is 4.74 Å². The molecule has 2 aromatic carbocycles. The van der Waals surface area contributed by atoms with E-state index in [1.807, 2.05) is 42.5 Å². The zero-order chi connectivity index (χ0) is 20.7. The molecule has 0 saturated heterocycles. The summed E-state index contributed by atoms with van der Waals surface area (Å²) in [7, 11) is 1.68. The third kappa shape index (κ3) is 3.58. The van der Waals surface area contributed by atoms with Gasteiger partial charge in [-0.25, -0.2) is 9.97 Å². The molecule has 1 spiro atoms. The SMILES string of the molecule is COc1ccc2ncnc(C3CCC4(CC3)C[C@@H]4C(=O)Cc3ccc(Cl)cc3)c2c1. The number of fused-ring (bicyclic) bond motifs is 1. The van der Waals surface area contributed by atoms with Crippen LogP contribution >= 0.6 is 11.6 Å². The zero-order valence-electron chi connectivity index (χ0n) is 17.1. The minimum atomic E-state index is 0.219. The highest BCUT2D eigenvalue weighted by Crippen LogP contribution is 2.63. The number of ether oxygens (including phenoxy) is 1. The van der Waals surface area contributed by atoms with Crippen LogP contribution in [0.5, 0.6) is 5.75 Å². The van der Waals surface area contributed by atoms with Crippen molar-refractivity contribution in [1.29, 1.82) is 0 Å². The van der Waals surface area contributed by atoms with Gasteiger partial charge in [0.1, 0.15) is 17.9 Å². The summed E-state index contributed by atoms with van der Waals surface area (Å²) in [6, 6.07) is 13.6. The highest BCUT2D eigenvalue weighted by atomic mass is 35.5. The van der Waals surface area contributed by atoms with Crippen LogP contribution in [0.2, 0.25) is 5.02 Å². The Morgan fingerprint density at radius 3 is 2.63 bits per heavy atom. The molecule has 0 N–H and O–H groups in total. The number of ketones is 1. The molecule has 154 valence electrons. The van der Waals surface area contributed by atoms with E-state index in [1.165, 1.54) is 0 Å². The summed E-state index contributed by atoms with van der Waals surface area (Å²) in [6.45, 7) is 0. The minimum Gasteiger partial charge on any atom is -0.497 e. The molecular formula is C25H25ClN2O2. The Morgan fingerprint density at radius 2 is 1.90 bits per heavy atom. The number of hydrogen-bond donors (Lipinski definition) is 0. The van der Waals surface area contributed by atoms with Crippen molar-refractivity contribution in [3.8, 4) is 5.75 Å². The maximum absolute atomic E-state index is 12.9. The third-order valence-electron chi connectivity index (χ3n) is 7.11. The van der Waals surface area contributed by atoms with Gasteiger partial charge in [-0.15, -0.1) is 0 Å². The summed E-state index contributed by atoms with van der Waals surface area (Å²) in [6.07, 6.45) is 7.59. The Hall–Kier alpha value is -2.46. The largest absolute Gasteiger partial charge is 0.497 e. The molecule has 2 aliphatic carbocycles. The van der Waals surface area contributed by atoms with Crippen molar-refractivity contribution in [2.45, 2.75) is 44.4 Å². The molecule has 5 rings (SSSR count). The number of carbonyl (C=O) groups excluding carboxylic acids is 1. The van der Waals surface area contributed by atoms with Crippen LogP contribution in [0, 0.1) is 11.3 Å². The molecule has 3 aromatic rings. The number of Topliss-reactive ketones (excluding diaryl/α,β-unsaturated/α-hetero) is 1. The van der Waals surface area contributed by atoms with Crippen LogP contribution in [0.1, 0.15) is 49.3 Å². The highest BCUT2D eigenvalue weighted by Gasteiger charge is 2.58. The van der Waals surface area contributed by atoms with Gasteiger partial charge in [0, 0.05) is 28.7 Å². The highest BCUT2D eigenvalue weighted by molar-refractivity contribution is 6.30. The van der Waals surface area contributed by atoms with Gasteiger partial charge in [0.15, 0.2) is 0 Å². The molecule has 1 heterocycles. The van der Waals surface area contributed by atoms with Gasteiger partial charge in [0.05, 0.1) is 18.3 Å². The molecule has 5 heteroatoms. The van der Waals surface area contributed by atoms with E-state index < -0.39 is 0 Å². The molecule has 0 amide bonds. The molecule has 4 nitrogen and oxygen atoms in total. The number of nitrogens with zero attached hydrogens (tertiary/aromatic N) is 2. The Kier molecular flexibility index (Phi) is 4.98. The van der Waals surface area contributed by atoms with Gasteiger partial charge >= 0.3 is 0 Å². The van der Waals surface area contributed by atoms with Gasteiger partial charge in [0.2, 0.25) is 0 Å². The monoisotopic (exact) mass is 420 g/mol. The van der Waals surface area contributed by atoms with Crippen LogP contribution < -0.4 is 4.74 Å². The number of hydrogen-bond acceptors (Lipinski definition) is 4. The van der Waals surface area contributed by atoms with Gasteiger partial charge in [-0.3, -0.25) is 4.79 Å². The van der Waals surface area contributed by atoms with Crippen LogP contribution in [0.25, 0.3) is 10.9 Å². The first kappa shape index (κ1) is 19.5. The van der Waals surface area contributed by atoms with E-state index in [2.05, 4.69) is 9.97 Å². The maximum atomic E-state index is 12.9. The van der Waals surface area contributed by atoms with Crippen LogP contribution in [-0.2, 0) is 11.2 Å². The van der Waals surface area contributed by atoms with Crippen LogP contribution in [0.4, 0.5) is 0 Å². The Morgan fingerprint density at radius 1 is 1.13 bits per heavy atom. The Bertz CT molecular complexity index is 1090. The summed E-state index contributed by atoms with van der Waals surface area (Å²) in [5.74, 6) is 1.85. The molecule has 2 aliphatic rings. The Balaban J connectivity index is 1.27. The number of rotatable bonds is 5. The van der Waals surface area contributed by atoms with E-state index in [0.29, 0.717) is 23.1 Å². The van der Waals surface area contributed by atoms with Crippen molar-refractivity contribution in [2.75, 3.05) is 7.11 Å². The first-order chi connectivity index (χ1) is 14.6. The Labute approximate surface area is 181 Å². The molecule has 0 aliphatic heterocycles. The summed E-state index contributed by atoms with van der Waals surface area (Å²) in [5, 5.41) is 1.80. The molecule has 30 heavy (non-hydrogen) atoms. The van der Waals surface area contributed by atoms with E-state index >= 15 is 0 Å². The van der Waals surface area contributed by atoms with E-state index in [1.54, 1.807) is 13.4 Å². The second-order valence-corrected chi connectivity index (χ2v) is 9.24. The lowest BCUT2D eigenvalue weighted by atomic mass is 9.76. The number of halogens is 1. The number of benzene rings is 2. The standard InChI is InChI=1S/C25H25ClN2O2/c1-30-19-6-7-22-20(13-19)24(28-15-27-22)17-8-10-25(11-9-17)14-21(25)23(29)12-16-2-4-18(26)5-3-16/h2-7,13,15,17,21H,8-12,14H2,1H3/t17?,21-,25?/m1/s1. The topological polar surface area (TPSA) is 52.1 Å². The van der Waals surface area contributed by atoms with Crippen LogP contribution in [-0.4, -0.2) is 22.9 Å². The normalized spacial score (nSPS) is 25.4. The van der Waals surface area contributed by atoms with Crippen molar-refractivity contribution in [3.63, 3.8) is 0 Å². The third-order valence-corrected chi connectivity index (χ3v) is 7.36. The predicted octanol–water partition coefficient (Wildman–Crippen LogP) is 5.77. The first-order valence-electron chi connectivity index (χ1n) is 10.6. The number of methoxy groups -OCH3 is 1. The van der Waals surface area contributed by atoms with E-state index in [0.717, 1.165) is 60.0 Å². The zero-order valence-corrected chi connectivity index (χ0v) is 17.9. The van der Waals surface area contributed by atoms with E-state index in [-0.39, 0.29) is 11.3 Å². The molecule has 0 bridgehead atoms. The van der Waals surface area contributed by atoms with Crippen molar-refractivity contribution in [1.82, 2.24) is 9.97 Å². The fraction of sp³-hybridized carbons (Fsp3) is 0.400. The van der Waals surface area contributed by atoms with E-state index in [9.17, 15) is 4.79 Å². The van der Waals surface area contributed by atoms with Gasteiger partial charge in [-0.2, -0.15) is 0 Å². The summed E-state index contributed by atoms with van der Waals surface area (Å²) < 4.78 is 5.40. The predicted molar refractivity (Wildman–Crippen MR) is 118 cm³/mol. The second kappa shape index (κ2) is 7.66. The summed E-state index contributed by atoms with van der Waals surface area (Å²) in [4.78, 5) is 21.9. The summed E-state index contributed by atoms with van der Waals surface area (Å²) in [5.41, 5.74) is 3.36. The van der Waals surface area contributed by atoms with Crippen molar-refractivity contribution < 1.29 is 9.53 Å². The summed E-state index contributed by atoms with van der Waals surface area (Å²) >= 11 is 5.96. The smallest absolute Gasteiger partial charge is 0.140 e. The maximum Gasteiger partial charge on any atom is 0.140 e. The quantitative estimate of drug-likeness (QED) is 0.526.